The SMILES string of the molecule is CN(CCC(F)(F)F)c1nc2sccn2c1CCN. The van der Waals surface area contributed by atoms with Gasteiger partial charge in [-0.05, 0) is 6.54 Å². The lowest BCUT2D eigenvalue weighted by molar-refractivity contribution is -0.132. The van der Waals surface area contributed by atoms with Crippen LogP contribution in [0.2, 0.25) is 0 Å². The average molecular weight is 292 g/mol. The first-order valence-electron chi connectivity index (χ1n) is 5.85. The van der Waals surface area contributed by atoms with E-state index in [2.05, 4.69) is 4.98 Å². The Hall–Kier alpha value is -1.28. The molecule has 0 saturated heterocycles. The molecule has 2 aromatic heterocycles. The zero-order valence-electron chi connectivity index (χ0n) is 10.4. The number of anilines is 1. The van der Waals surface area contributed by atoms with Gasteiger partial charge in [0.15, 0.2) is 10.8 Å². The summed E-state index contributed by atoms with van der Waals surface area (Å²) in [5.74, 6) is 0.585. The summed E-state index contributed by atoms with van der Waals surface area (Å²) < 4.78 is 38.6. The van der Waals surface area contributed by atoms with Gasteiger partial charge in [-0.15, -0.1) is 11.3 Å². The molecule has 106 valence electrons. The Morgan fingerprint density at radius 1 is 1.47 bits per heavy atom. The van der Waals surface area contributed by atoms with E-state index in [0.717, 1.165) is 10.7 Å². The van der Waals surface area contributed by atoms with Gasteiger partial charge in [0.05, 0.1) is 12.1 Å². The Balaban J connectivity index is 2.22. The molecular formula is C11H15F3N4S. The lowest BCUT2D eigenvalue weighted by atomic mass is 10.3. The highest BCUT2D eigenvalue weighted by atomic mass is 32.1. The molecule has 2 N–H and O–H groups in total. The molecule has 0 bridgehead atoms. The van der Waals surface area contributed by atoms with E-state index in [1.54, 1.807) is 7.05 Å². The number of hydrogen-bond acceptors (Lipinski definition) is 4. The van der Waals surface area contributed by atoms with Gasteiger partial charge in [-0.3, -0.25) is 4.40 Å². The van der Waals surface area contributed by atoms with E-state index in [4.69, 9.17) is 5.73 Å². The number of alkyl halides is 3. The standard InChI is InChI=1S/C11H15F3N4S/c1-17(5-3-11(12,13)14)9-8(2-4-15)18-6-7-19-10(18)16-9/h6-7H,2-5,15H2,1H3. The topological polar surface area (TPSA) is 46.6 Å². The molecule has 0 fully saturated rings. The molecule has 0 unspecified atom stereocenters. The third kappa shape index (κ3) is 3.19. The molecule has 2 aromatic rings. The lowest BCUT2D eigenvalue weighted by Gasteiger charge is -2.19. The number of nitrogens with zero attached hydrogens (tertiary/aromatic N) is 3. The summed E-state index contributed by atoms with van der Waals surface area (Å²) in [6.07, 6.45) is -2.56. The van der Waals surface area contributed by atoms with Crippen LogP contribution in [0.1, 0.15) is 12.1 Å². The third-order valence-electron chi connectivity index (χ3n) is 2.81. The molecule has 0 radical (unpaired) electrons. The molecule has 0 atom stereocenters. The van der Waals surface area contributed by atoms with Crippen molar-refractivity contribution in [3.63, 3.8) is 0 Å². The Morgan fingerprint density at radius 3 is 2.84 bits per heavy atom. The monoisotopic (exact) mass is 292 g/mol. The fraction of sp³-hybridized carbons (Fsp3) is 0.545. The number of fused-ring (bicyclic) bond motifs is 1. The van der Waals surface area contributed by atoms with Crippen molar-refractivity contribution >= 4 is 22.1 Å². The van der Waals surface area contributed by atoms with Crippen LogP contribution in [0, 0.1) is 0 Å². The first-order chi connectivity index (χ1) is 8.92. The van der Waals surface area contributed by atoms with E-state index < -0.39 is 12.6 Å². The van der Waals surface area contributed by atoms with Crippen LogP contribution >= 0.6 is 11.3 Å². The number of halogens is 3. The zero-order valence-corrected chi connectivity index (χ0v) is 11.3. The maximum absolute atomic E-state index is 12.3. The molecule has 0 amide bonds. The van der Waals surface area contributed by atoms with E-state index in [0.29, 0.717) is 18.8 Å². The predicted molar refractivity (Wildman–Crippen MR) is 69.8 cm³/mol. The van der Waals surface area contributed by atoms with E-state index in [-0.39, 0.29) is 6.54 Å². The van der Waals surface area contributed by atoms with Gasteiger partial charge in [-0.2, -0.15) is 13.2 Å². The summed E-state index contributed by atoms with van der Waals surface area (Å²) in [5.41, 5.74) is 6.42. The molecule has 2 rings (SSSR count). The second kappa shape index (κ2) is 5.38. The van der Waals surface area contributed by atoms with Crippen molar-refractivity contribution in [3.05, 3.63) is 17.3 Å². The van der Waals surface area contributed by atoms with Gasteiger partial charge in [0.2, 0.25) is 0 Å². The van der Waals surface area contributed by atoms with Crippen molar-refractivity contribution in [1.82, 2.24) is 9.38 Å². The maximum Gasteiger partial charge on any atom is 0.390 e. The highest BCUT2D eigenvalue weighted by molar-refractivity contribution is 7.15. The van der Waals surface area contributed by atoms with Crippen molar-refractivity contribution in [2.45, 2.75) is 19.0 Å². The van der Waals surface area contributed by atoms with Crippen LogP contribution in [0.25, 0.3) is 4.96 Å². The fourth-order valence-corrected chi connectivity index (χ4v) is 2.62. The predicted octanol–water partition coefficient (Wildman–Crippen LogP) is 2.29. The van der Waals surface area contributed by atoms with Gasteiger partial charge >= 0.3 is 6.18 Å². The van der Waals surface area contributed by atoms with Crippen LogP contribution in [-0.2, 0) is 6.42 Å². The smallest absolute Gasteiger partial charge is 0.358 e. The number of rotatable bonds is 5. The number of thiazole rings is 1. The van der Waals surface area contributed by atoms with Crippen LogP contribution in [0.5, 0.6) is 0 Å². The van der Waals surface area contributed by atoms with E-state index in [1.165, 1.54) is 16.2 Å². The molecule has 0 aliphatic rings. The number of hydrogen-bond donors (Lipinski definition) is 1. The minimum Gasteiger partial charge on any atom is -0.358 e. The molecule has 8 heteroatoms. The largest absolute Gasteiger partial charge is 0.390 e. The summed E-state index contributed by atoms with van der Waals surface area (Å²) in [6.45, 7) is 0.329. The summed E-state index contributed by atoms with van der Waals surface area (Å²) in [6, 6.07) is 0. The number of aromatic nitrogens is 2. The maximum atomic E-state index is 12.3. The molecule has 2 heterocycles. The van der Waals surface area contributed by atoms with Crippen LogP contribution in [0.15, 0.2) is 11.6 Å². The van der Waals surface area contributed by atoms with Crippen molar-refractivity contribution in [2.75, 3.05) is 25.0 Å². The average Bonchev–Trinajstić information content (AvgIpc) is 2.88. The highest BCUT2D eigenvalue weighted by Gasteiger charge is 2.28. The molecular weight excluding hydrogens is 277 g/mol. The van der Waals surface area contributed by atoms with E-state index >= 15 is 0 Å². The molecule has 19 heavy (non-hydrogen) atoms. The van der Waals surface area contributed by atoms with Crippen LogP contribution in [0.4, 0.5) is 19.0 Å². The quantitative estimate of drug-likeness (QED) is 0.919. The van der Waals surface area contributed by atoms with Crippen molar-refractivity contribution < 1.29 is 13.2 Å². The first-order valence-corrected chi connectivity index (χ1v) is 6.72. The third-order valence-corrected chi connectivity index (χ3v) is 3.57. The van der Waals surface area contributed by atoms with Crippen LogP contribution < -0.4 is 10.6 Å². The molecule has 0 aliphatic heterocycles. The Kier molecular flexibility index (Phi) is 4.00. The summed E-state index contributed by atoms with van der Waals surface area (Å²) in [4.78, 5) is 6.69. The first kappa shape index (κ1) is 14.1. The van der Waals surface area contributed by atoms with Crippen molar-refractivity contribution in [2.24, 2.45) is 5.73 Å². The van der Waals surface area contributed by atoms with E-state index in [9.17, 15) is 13.2 Å². The summed E-state index contributed by atoms with van der Waals surface area (Å²) in [5, 5.41) is 1.89. The number of nitrogens with two attached hydrogens (primary N) is 1. The van der Waals surface area contributed by atoms with Gasteiger partial charge in [-0.1, -0.05) is 0 Å². The Bertz CT molecular complexity index is 546. The molecule has 4 nitrogen and oxygen atoms in total. The van der Waals surface area contributed by atoms with Crippen molar-refractivity contribution in [3.8, 4) is 0 Å². The summed E-state index contributed by atoms with van der Waals surface area (Å²) >= 11 is 1.45. The lowest BCUT2D eigenvalue weighted by Crippen LogP contribution is -2.25. The van der Waals surface area contributed by atoms with Gasteiger partial charge in [0.25, 0.3) is 0 Å². The highest BCUT2D eigenvalue weighted by Crippen LogP contribution is 2.26. The van der Waals surface area contributed by atoms with Gasteiger partial charge in [0, 0.05) is 31.6 Å². The Labute approximate surface area is 112 Å². The zero-order chi connectivity index (χ0) is 14.0. The summed E-state index contributed by atoms with van der Waals surface area (Å²) in [7, 11) is 1.62. The molecule has 0 saturated carbocycles. The second-order valence-electron chi connectivity index (χ2n) is 4.26. The van der Waals surface area contributed by atoms with E-state index in [1.807, 2.05) is 16.0 Å². The second-order valence-corrected chi connectivity index (χ2v) is 5.14. The minimum atomic E-state index is -4.15. The van der Waals surface area contributed by atoms with Gasteiger partial charge in [-0.25, -0.2) is 4.98 Å². The normalized spacial score (nSPS) is 12.3. The van der Waals surface area contributed by atoms with Gasteiger partial charge < -0.3 is 10.6 Å². The minimum absolute atomic E-state index is 0.105. The Morgan fingerprint density at radius 2 is 2.21 bits per heavy atom. The van der Waals surface area contributed by atoms with Crippen molar-refractivity contribution in [1.29, 1.82) is 0 Å². The molecule has 0 spiro atoms. The van der Waals surface area contributed by atoms with Gasteiger partial charge in [0.1, 0.15) is 0 Å². The van der Waals surface area contributed by atoms with Crippen LogP contribution in [-0.4, -0.2) is 35.7 Å². The molecule has 0 aromatic carbocycles. The number of imidazole rings is 1. The molecule has 0 aliphatic carbocycles. The fourth-order valence-electron chi connectivity index (χ4n) is 1.90. The van der Waals surface area contributed by atoms with Crippen LogP contribution in [0.3, 0.4) is 0 Å².